The van der Waals surface area contributed by atoms with Gasteiger partial charge in [-0.25, -0.2) is 0 Å². The van der Waals surface area contributed by atoms with Crippen LogP contribution in [0.2, 0.25) is 5.02 Å². The minimum Gasteiger partial charge on any atom is -0.369 e. The van der Waals surface area contributed by atoms with Crippen LogP contribution in [0.15, 0.2) is 24.3 Å². The van der Waals surface area contributed by atoms with Crippen LogP contribution in [-0.2, 0) is 0 Å². The molecular formula is C10H15Br2ClN2. The second-order valence-electron chi connectivity index (χ2n) is 3.22. The summed E-state index contributed by atoms with van der Waals surface area (Å²) in [7, 11) is 0. The lowest BCUT2D eigenvalue weighted by atomic mass is 10.2. The molecule has 86 valence electrons. The molecule has 1 fully saturated rings. The van der Waals surface area contributed by atoms with E-state index < -0.39 is 0 Å². The molecule has 15 heavy (non-hydrogen) atoms. The molecule has 0 amide bonds. The van der Waals surface area contributed by atoms with Gasteiger partial charge in [0, 0.05) is 36.9 Å². The molecule has 2 nitrogen and oxygen atoms in total. The fourth-order valence-electron chi connectivity index (χ4n) is 1.60. The van der Waals surface area contributed by atoms with Crippen LogP contribution in [0.3, 0.4) is 0 Å². The molecule has 0 aromatic heterocycles. The SMILES string of the molecule is Br.Br.Clc1cccc(N2CCNCC2)c1. The monoisotopic (exact) mass is 356 g/mol. The Kier molecular flexibility index (Phi) is 7.61. The van der Waals surface area contributed by atoms with E-state index in [1.807, 2.05) is 18.2 Å². The number of nitrogens with zero attached hydrogens (tertiary/aromatic N) is 1. The third-order valence-electron chi connectivity index (χ3n) is 2.29. The fraction of sp³-hybridized carbons (Fsp3) is 0.400. The van der Waals surface area contributed by atoms with E-state index in [9.17, 15) is 0 Å². The minimum absolute atomic E-state index is 0. The summed E-state index contributed by atoms with van der Waals surface area (Å²) in [5.41, 5.74) is 1.23. The highest BCUT2D eigenvalue weighted by atomic mass is 79.9. The largest absolute Gasteiger partial charge is 0.369 e. The highest BCUT2D eigenvalue weighted by Gasteiger charge is 2.09. The molecule has 1 aliphatic rings. The van der Waals surface area contributed by atoms with Gasteiger partial charge in [-0.05, 0) is 18.2 Å². The molecule has 0 radical (unpaired) electrons. The third kappa shape index (κ3) is 4.31. The zero-order chi connectivity index (χ0) is 9.10. The van der Waals surface area contributed by atoms with Crippen molar-refractivity contribution in [2.75, 3.05) is 31.1 Å². The average Bonchev–Trinajstić information content (AvgIpc) is 2.19. The number of benzene rings is 1. The number of nitrogens with one attached hydrogen (secondary N) is 1. The molecule has 0 unspecified atom stereocenters. The maximum atomic E-state index is 5.92. The first-order chi connectivity index (χ1) is 6.36. The Morgan fingerprint density at radius 2 is 1.80 bits per heavy atom. The summed E-state index contributed by atoms with van der Waals surface area (Å²) in [6.45, 7) is 4.26. The maximum Gasteiger partial charge on any atom is 0.0426 e. The quantitative estimate of drug-likeness (QED) is 0.830. The molecule has 0 atom stereocenters. The number of piperazine rings is 1. The average molecular weight is 359 g/mol. The van der Waals surface area contributed by atoms with E-state index in [1.165, 1.54) is 5.69 Å². The van der Waals surface area contributed by atoms with Crippen LogP contribution < -0.4 is 10.2 Å². The number of rotatable bonds is 1. The van der Waals surface area contributed by atoms with Gasteiger partial charge in [-0.2, -0.15) is 0 Å². The van der Waals surface area contributed by atoms with Crippen LogP contribution in [0.4, 0.5) is 5.69 Å². The molecule has 2 rings (SSSR count). The summed E-state index contributed by atoms with van der Waals surface area (Å²) in [5.74, 6) is 0. The smallest absolute Gasteiger partial charge is 0.0426 e. The standard InChI is InChI=1S/C10H13ClN2.2BrH/c11-9-2-1-3-10(8-9)13-6-4-12-5-7-13;;/h1-3,8,12H,4-7H2;2*1H. The number of hydrogen-bond donors (Lipinski definition) is 1. The summed E-state index contributed by atoms with van der Waals surface area (Å²) >= 11 is 5.92. The van der Waals surface area contributed by atoms with Gasteiger partial charge in [0.15, 0.2) is 0 Å². The molecule has 0 spiro atoms. The van der Waals surface area contributed by atoms with Gasteiger partial charge in [-0.3, -0.25) is 0 Å². The summed E-state index contributed by atoms with van der Waals surface area (Å²) in [6.07, 6.45) is 0. The van der Waals surface area contributed by atoms with E-state index in [-0.39, 0.29) is 34.0 Å². The first-order valence-electron chi connectivity index (χ1n) is 4.57. The van der Waals surface area contributed by atoms with Gasteiger partial charge in [0.2, 0.25) is 0 Å². The van der Waals surface area contributed by atoms with E-state index in [4.69, 9.17) is 11.6 Å². The lowest BCUT2D eigenvalue weighted by molar-refractivity contribution is 0.589. The molecule has 5 heteroatoms. The first-order valence-corrected chi connectivity index (χ1v) is 4.95. The van der Waals surface area contributed by atoms with E-state index >= 15 is 0 Å². The predicted octanol–water partition coefficient (Wildman–Crippen LogP) is 2.91. The summed E-state index contributed by atoms with van der Waals surface area (Å²) < 4.78 is 0. The highest BCUT2D eigenvalue weighted by Crippen LogP contribution is 2.19. The second kappa shape index (κ2) is 7.49. The summed E-state index contributed by atoms with van der Waals surface area (Å²) in [5, 5.41) is 4.14. The van der Waals surface area contributed by atoms with Gasteiger partial charge in [0.05, 0.1) is 0 Å². The summed E-state index contributed by atoms with van der Waals surface area (Å²) in [6, 6.07) is 8.04. The maximum absolute atomic E-state index is 5.92. The van der Waals surface area contributed by atoms with Crippen molar-refractivity contribution in [2.24, 2.45) is 0 Å². The highest BCUT2D eigenvalue weighted by molar-refractivity contribution is 8.93. The van der Waals surface area contributed by atoms with Crippen molar-refractivity contribution < 1.29 is 0 Å². The number of anilines is 1. The number of halogens is 3. The molecule has 1 aliphatic heterocycles. The van der Waals surface area contributed by atoms with Crippen molar-refractivity contribution >= 4 is 51.3 Å². The topological polar surface area (TPSA) is 15.3 Å². The molecule has 0 bridgehead atoms. The summed E-state index contributed by atoms with van der Waals surface area (Å²) in [4.78, 5) is 2.35. The zero-order valence-corrected chi connectivity index (χ0v) is 12.5. The Balaban J connectivity index is 0.000000980. The van der Waals surface area contributed by atoms with Gasteiger partial charge >= 0.3 is 0 Å². The molecule has 1 N–H and O–H groups in total. The molecule has 0 aliphatic carbocycles. The van der Waals surface area contributed by atoms with Crippen molar-refractivity contribution in [1.29, 1.82) is 0 Å². The van der Waals surface area contributed by atoms with Crippen LogP contribution in [0.25, 0.3) is 0 Å². The van der Waals surface area contributed by atoms with Crippen LogP contribution in [-0.4, -0.2) is 26.2 Å². The Bertz CT molecular complexity index is 291. The van der Waals surface area contributed by atoms with Crippen molar-refractivity contribution in [2.45, 2.75) is 0 Å². The molecule has 1 heterocycles. The Morgan fingerprint density at radius 1 is 1.13 bits per heavy atom. The molecule has 1 saturated heterocycles. The van der Waals surface area contributed by atoms with E-state index in [1.54, 1.807) is 0 Å². The first kappa shape index (κ1) is 15.2. The fourth-order valence-corrected chi connectivity index (χ4v) is 1.78. The van der Waals surface area contributed by atoms with Crippen molar-refractivity contribution in [3.63, 3.8) is 0 Å². The van der Waals surface area contributed by atoms with Crippen LogP contribution in [0.1, 0.15) is 0 Å². The zero-order valence-electron chi connectivity index (χ0n) is 8.28. The van der Waals surface area contributed by atoms with Crippen molar-refractivity contribution in [3.8, 4) is 0 Å². The molecule has 0 saturated carbocycles. The van der Waals surface area contributed by atoms with Gasteiger partial charge in [0.1, 0.15) is 0 Å². The van der Waals surface area contributed by atoms with Gasteiger partial charge in [-0.1, -0.05) is 17.7 Å². The lowest BCUT2D eigenvalue weighted by Gasteiger charge is -2.29. The van der Waals surface area contributed by atoms with Crippen molar-refractivity contribution in [1.82, 2.24) is 5.32 Å². The number of hydrogen-bond acceptors (Lipinski definition) is 2. The van der Waals surface area contributed by atoms with E-state index in [0.29, 0.717) is 0 Å². The minimum atomic E-state index is 0. The van der Waals surface area contributed by atoms with Gasteiger partial charge in [0.25, 0.3) is 0 Å². The van der Waals surface area contributed by atoms with Crippen LogP contribution >= 0.6 is 45.6 Å². The third-order valence-corrected chi connectivity index (χ3v) is 2.53. The second-order valence-corrected chi connectivity index (χ2v) is 3.65. The van der Waals surface area contributed by atoms with Crippen molar-refractivity contribution in [3.05, 3.63) is 29.3 Å². The predicted molar refractivity (Wildman–Crippen MR) is 77.2 cm³/mol. The van der Waals surface area contributed by atoms with Gasteiger partial charge < -0.3 is 10.2 Å². The molecule has 1 aromatic rings. The molecular weight excluding hydrogens is 343 g/mol. The Hall–Kier alpha value is 0.230. The van der Waals surface area contributed by atoms with Crippen LogP contribution in [0, 0.1) is 0 Å². The van der Waals surface area contributed by atoms with Gasteiger partial charge in [-0.15, -0.1) is 34.0 Å². The van der Waals surface area contributed by atoms with E-state index in [2.05, 4.69) is 16.3 Å². The Labute approximate surface area is 117 Å². The normalized spacial score (nSPS) is 15.1. The Morgan fingerprint density at radius 3 is 2.40 bits per heavy atom. The van der Waals surface area contributed by atoms with E-state index in [0.717, 1.165) is 31.2 Å². The lowest BCUT2D eigenvalue weighted by Crippen LogP contribution is -2.43. The van der Waals surface area contributed by atoms with Crippen LogP contribution in [0.5, 0.6) is 0 Å². The molecule has 1 aromatic carbocycles.